The quantitative estimate of drug-likeness (QED) is 0.146. The minimum absolute atomic E-state index is 0.0872. The van der Waals surface area contributed by atoms with E-state index in [9.17, 15) is 28.0 Å². The van der Waals surface area contributed by atoms with Crippen LogP contribution in [0.25, 0.3) is 16.7 Å². The number of halogens is 4. The number of hydrogen-bond donors (Lipinski definition) is 2. The zero-order valence-electron chi connectivity index (χ0n) is 33.9. The number of rotatable bonds is 10. The predicted molar refractivity (Wildman–Crippen MR) is 217 cm³/mol. The van der Waals surface area contributed by atoms with Crippen LogP contribution >= 0.6 is 0 Å². The van der Waals surface area contributed by atoms with E-state index in [0.29, 0.717) is 61.1 Å². The van der Waals surface area contributed by atoms with Gasteiger partial charge in [0.15, 0.2) is 11.3 Å². The number of imide groups is 1. The molecule has 0 bridgehead atoms. The van der Waals surface area contributed by atoms with Crippen LogP contribution < -0.4 is 26.1 Å². The molecule has 1 aliphatic carbocycles. The molecule has 3 aliphatic heterocycles. The summed E-state index contributed by atoms with van der Waals surface area (Å²) in [6, 6.07) is 4.79. The molecule has 9 rings (SSSR count). The Morgan fingerprint density at radius 3 is 2.51 bits per heavy atom. The molecule has 2 N–H and O–H groups in total. The normalized spacial score (nSPS) is 23.5. The molecule has 324 valence electrons. The molecule has 2 atom stereocenters. The molecule has 0 radical (unpaired) electrons. The van der Waals surface area contributed by atoms with Gasteiger partial charge in [0.25, 0.3) is 18.3 Å². The third-order valence-electron chi connectivity index (χ3n) is 13.0. The molecule has 3 saturated heterocycles. The van der Waals surface area contributed by atoms with Crippen molar-refractivity contribution in [1.29, 1.82) is 0 Å². The molecule has 2 unspecified atom stereocenters. The first-order valence-electron chi connectivity index (χ1n) is 20.9. The van der Waals surface area contributed by atoms with E-state index in [1.54, 1.807) is 48.3 Å². The fourth-order valence-corrected chi connectivity index (χ4v) is 9.89. The van der Waals surface area contributed by atoms with Crippen molar-refractivity contribution >= 4 is 51.6 Å². The molecular formula is C41H48F4N12O4. The van der Waals surface area contributed by atoms with Gasteiger partial charge in [-0.3, -0.25) is 38.4 Å². The van der Waals surface area contributed by atoms with Gasteiger partial charge in [0.1, 0.15) is 17.4 Å². The van der Waals surface area contributed by atoms with Crippen molar-refractivity contribution in [3.8, 4) is 0 Å². The summed E-state index contributed by atoms with van der Waals surface area (Å²) < 4.78 is 66.5. The molecule has 0 spiro atoms. The maximum atomic E-state index is 16.1. The van der Waals surface area contributed by atoms with Gasteiger partial charge in [-0.1, -0.05) is 6.07 Å². The van der Waals surface area contributed by atoms with Gasteiger partial charge in [0.05, 0.1) is 47.2 Å². The number of hydrogen-bond acceptors (Lipinski definition) is 10. The number of imidazole rings is 1. The van der Waals surface area contributed by atoms with Gasteiger partial charge in [-0.25, -0.2) is 31.9 Å². The number of carbonyl (C=O) groups excluding carboxylic acids is 3. The molecule has 1 aromatic carbocycles. The summed E-state index contributed by atoms with van der Waals surface area (Å²) in [7, 11) is 3.27. The van der Waals surface area contributed by atoms with Gasteiger partial charge in [-0.15, -0.1) is 0 Å². The van der Waals surface area contributed by atoms with Crippen LogP contribution in [0.2, 0.25) is 0 Å². The molecule has 3 amide bonds. The standard InChI is InChI=1S/C41H48F4N12O4/c1-51(31-14-18-54(23-41(31,44)45)28-6-5-7-29-35(28)52(2)40(61)57(29)30-12-13-33(58)49-39(30)60)21-24-8-10-25(11-9-24)56-22-27(34(50-56)36(42)43)47-38(59)26-20-46-55-19-15-32(48-37(26)55)53-16-3-4-17-53/h5-7,15,19-20,22,24-25,30-31,36H,3-4,8-14,16-18,21,23H2,1-2H3,(H,47,59)(H,49,58,60). The summed E-state index contributed by atoms with van der Waals surface area (Å²) in [5, 5.41) is 13.4. The predicted octanol–water partition coefficient (Wildman–Crippen LogP) is 4.92. The first kappa shape index (κ1) is 40.6. The van der Waals surface area contributed by atoms with E-state index < -0.39 is 60.1 Å². The van der Waals surface area contributed by atoms with Crippen LogP contribution in [0, 0.1) is 5.92 Å². The number of fused-ring (bicyclic) bond motifs is 2. The molecule has 5 aromatic rings. The molecule has 4 aromatic heterocycles. The largest absolute Gasteiger partial charge is 0.364 e. The smallest absolute Gasteiger partial charge is 0.329 e. The number of piperidine rings is 2. The summed E-state index contributed by atoms with van der Waals surface area (Å²) in [6.07, 6.45) is 6.69. The Hall–Kier alpha value is -5.79. The molecule has 16 nitrogen and oxygen atoms in total. The summed E-state index contributed by atoms with van der Waals surface area (Å²) >= 11 is 0. The van der Waals surface area contributed by atoms with Gasteiger partial charge in [-0.05, 0) is 82.5 Å². The monoisotopic (exact) mass is 848 g/mol. The Morgan fingerprint density at radius 1 is 1.02 bits per heavy atom. The van der Waals surface area contributed by atoms with Gasteiger partial charge in [0.2, 0.25) is 11.8 Å². The van der Waals surface area contributed by atoms with Crippen molar-refractivity contribution in [3.05, 3.63) is 64.6 Å². The highest BCUT2D eigenvalue weighted by Gasteiger charge is 2.47. The van der Waals surface area contributed by atoms with Crippen LogP contribution in [0.1, 0.15) is 92.3 Å². The molecule has 20 heteroatoms. The van der Waals surface area contributed by atoms with Crippen molar-refractivity contribution in [1.82, 2.24) is 43.7 Å². The zero-order chi connectivity index (χ0) is 42.7. The van der Waals surface area contributed by atoms with E-state index in [1.165, 1.54) is 30.7 Å². The SMILES string of the molecule is CN(CC1CCC(n2cc(NC(=O)c3cnn4ccc(N5CCCC5)nc34)c(C(F)F)n2)CC1)C1CCN(c2cccc3c2n(C)c(=O)n3C2CCC(=O)NC2=O)CC1(F)F. The molecule has 61 heavy (non-hydrogen) atoms. The number of carbonyl (C=O) groups is 3. The lowest BCUT2D eigenvalue weighted by atomic mass is 9.85. The highest BCUT2D eigenvalue weighted by Crippen LogP contribution is 2.39. The fourth-order valence-electron chi connectivity index (χ4n) is 9.89. The minimum Gasteiger partial charge on any atom is -0.364 e. The number of aryl methyl sites for hydroxylation is 1. The van der Waals surface area contributed by atoms with Crippen LogP contribution in [0.5, 0.6) is 0 Å². The second-order valence-electron chi connectivity index (χ2n) is 16.9. The van der Waals surface area contributed by atoms with E-state index in [4.69, 9.17) is 0 Å². The van der Waals surface area contributed by atoms with Crippen molar-refractivity contribution in [3.63, 3.8) is 0 Å². The Kier molecular flexibility index (Phi) is 10.6. The van der Waals surface area contributed by atoms with Gasteiger partial charge >= 0.3 is 5.69 Å². The average Bonchev–Trinajstić information content (AvgIpc) is 4.05. The number of benzene rings is 1. The number of aromatic nitrogens is 7. The molecule has 4 fully saturated rings. The third-order valence-corrected chi connectivity index (χ3v) is 13.0. The molecular weight excluding hydrogens is 801 g/mol. The summed E-state index contributed by atoms with van der Waals surface area (Å²) in [6.45, 7) is 1.91. The van der Waals surface area contributed by atoms with Crippen LogP contribution in [-0.2, 0) is 16.6 Å². The minimum atomic E-state index is -3.10. The lowest BCUT2D eigenvalue weighted by Crippen LogP contribution is -2.58. The first-order valence-corrected chi connectivity index (χ1v) is 20.9. The van der Waals surface area contributed by atoms with Crippen molar-refractivity contribution in [2.45, 2.75) is 88.3 Å². The number of nitrogens with one attached hydrogen (secondary N) is 2. The average molecular weight is 849 g/mol. The van der Waals surface area contributed by atoms with E-state index in [-0.39, 0.29) is 42.5 Å². The van der Waals surface area contributed by atoms with Gasteiger partial charge in [-0.2, -0.15) is 10.2 Å². The number of para-hydroxylation sites is 1. The van der Waals surface area contributed by atoms with E-state index in [0.717, 1.165) is 31.7 Å². The number of anilines is 3. The highest BCUT2D eigenvalue weighted by atomic mass is 19.3. The maximum absolute atomic E-state index is 16.1. The van der Waals surface area contributed by atoms with Crippen LogP contribution in [0.15, 0.2) is 47.7 Å². The summed E-state index contributed by atoms with van der Waals surface area (Å²) in [5.41, 5.74) is 0.743. The topological polar surface area (TPSA) is 160 Å². The second-order valence-corrected chi connectivity index (χ2v) is 16.9. The number of nitrogens with zero attached hydrogens (tertiary/aromatic N) is 10. The Bertz CT molecular complexity index is 2550. The van der Waals surface area contributed by atoms with Gasteiger partial charge in [0, 0.05) is 52.0 Å². The van der Waals surface area contributed by atoms with Crippen molar-refractivity contribution < 1.29 is 31.9 Å². The fraction of sp³-hybridized carbons (Fsp3) is 0.537. The van der Waals surface area contributed by atoms with E-state index in [1.807, 2.05) is 6.07 Å². The lowest BCUT2D eigenvalue weighted by Gasteiger charge is -2.44. The Labute approximate surface area is 347 Å². The van der Waals surface area contributed by atoms with Crippen LogP contribution in [0.4, 0.5) is 34.8 Å². The second kappa shape index (κ2) is 15.9. The van der Waals surface area contributed by atoms with Gasteiger partial charge < -0.3 is 15.1 Å². The van der Waals surface area contributed by atoms with E-state index >= 15 is 8.78 Å². The third kappa shape index (κ3) is 7.52. The Balaban J connectivity index is 0.830. The molecule has 4 aliphatic rings. The Morgan fingerprint density at radius 2 is 1.79 bits per heavy atom. The summed E-state index contributed by atoms with van der Waals surface area (Å²) in [5.74, 6) is -3.87. The van der Waals surface area contributed by atoms with E-state index in [2.05, 4.69) is 30.7 Å². The van der Waals surface area contributed by atoms with Crippen LogP contribution in [0.3, 0.4) is 0 Å². The highest BCUT2D eigenvalue weighted by molar-refractivity contribution is 6.08. The maximum Gasteiger partial charge on any atom is 0.329 e. The van der Waals surface area contributed by atoms with Crippen molar-refractivity contribution in [2.24, 2.45) is 13.0 Å². The summed E-state index contributed by atoms with van der Waals surface area (Å²) in [4.78, 5) is 61.5. The number of amides is 3. The lowest BCUT2D eigenvalue weighted by molar-refractivity contribution is -0.135. The van der Waals surface area contributed by atoms with Crippen LogP contribution in [-0.4, -0.2) is 108 Å². The molecule has 7 heterocycles. The molecule has 1 saturated carbocycles. The van der Waals surface area contributed by atoms with Crippen molar-refractivity contribution in [2.75, 3.05) is 54.9 Å². The first-order chi connectivity index (χ1) is 29.3. The number of alkyl halides is 4. The zero-order valence-corrected chi connectivity index (χ0v) is 33.9.